The Hall–Kier alpha value is -1.09. The van der Waals surface area contributed by atoms with E-state index in [0.717, 1.165) is 6.42 Å². The zero-order chi connectivity index (χ0) is 10.6. The Bertz CT molecular complexity index is 255. The summed E-state index contributed by atoms with van der Waals surface area (Å²) >= 11 is 0. The van der Waals surface area contributed by atoms with E-state index in [-0.39, 0.29) is 18.0 Å². The monoisotopic (exact) mass is 196 g/mol. The molecule has 0 bridgehead atoms. The van der Waals surface area contributed by atoms with Gasteiger partial charge in [-0.2, -0.15) is 0 Å². The van der Waals surface area contributed by atoms with Crippen LogP contribution in [0.5, 0.6) is 0 Å². The van der Waals surface area contributed by atoms with Gasteiger partial charge in [0.05, 0.1) is 13.2 Å². The molecule has 0 aliphatic heterocycles. The van der Waals surface area contributed by atoms with Gasteiger partial charge >= 0.3 is 5.97 Å². The van der Waals surface area contributed by atoms with Gasteiger partial charge < -0.3 is 9.84 Å². The van der Waals surface area contributed by atoms with E-state index >= 15 is 0 Å². The standard InChI is InChI=1S/C11H16O3/c1-3-4-8-7-9(11(13)14-2)5-6-10(8)12/h3,5,8,10,12H,1,4,6-7H2,2H3/t8-,10+/m0/s1. The average molecular weight is 196 g/mol. The van der Waals surface area contributed by atoms with Gasteiger partial charge in [0.2, 0.25) is 0 Å². The molecule has 14 heavy (non-hydrogen) atoms. The minimum absolute atomic E-state index is 0.103. The van der Waals surface area contributed by atoms with Gasteiger partial charge in [-0.25, -0.2) is 4.79 Å². The number of esters is 1. The summed E-state index contributed by atoms with van der Waals surface area (Å²) in [5.74, 6) is -0.183. The van der Waals surface area contributed by atoms with Gasteiger partial charge in [0.1, 0.15) is 0 Å². The summed E-state index contributed by atoms with van der Waals surface area (Å²) in [5, 5.41) is 9.63. The van der Waals surface area contributed by atoms with Gasteiger partial charge in [-0.15, -0.1) is 6.58 Å². The molecule has 78 valence electrons. The Kier molecular flexibility index (Phi) is 3.89. The second kappa shape index (κ2) is 4.96. The molecule has 2 atom stereocenters. The average Bonchev–Trinajstić information content (AvgIpc) is 2.20. The number of aliphatic hydroxyl groups is 1. The molecular formula is C11H16O3. The largest absolute Gasteiger partial charge is 0.466 e. The Morgan fingerprint density at radius 1 is 1.86 bits per heavy atom. The van der Waals surface area contributed by atoms with E-state index in [2.05, 4.69) is 11.3 Å². The van der Waals surface area contributed by atoms with Gasteiger partial charge in [0, 0.05) is 5.57 Å². The van der Waals surface area contributed by atoms with Gasteiger partial charge in [-0.3, -0.25) is 0 Å². The van der Waals surface area contributed by atoms with Gasteiger partial charge in [-0.05, 0) is 25.2 Å². The van der Waals surface area contributed by atoms with Crippen molar-refractivity contribution in [1.82, 2.24) is 0 Å². The molecule has 0 heterocycles. The van der Waals surface area contributed by atoms with Gasteiger partial charge in [-0.1, -0.05) is 12.2 Å². The molecule has 1 rings (SSSR count). The van der Waals surface area contributed by atoms with E-state index in [9.17, 15) is 9.90 Å². The van der Waals surface area contributed by atoms with Crippen LogP contribution in [-0.2, 0) is 9.53 Å². The number of carbonyl (C=O) groups excluding carboxylic acids is 1. The highest BCUT2D eigenvalue weighted by atomic mass is 16.5. The van der Waals surface area contributed by atoms with Crippen LogP contribution in [0.4, 0.5) is 0 Å². The summed E-state index contributed by atoms with van der Waals surface area (Å²) in [5.41, 5.74) is 0.671. The molecule has 0 spiro atoms. The fourth-order valence-electron chi connectivity index (χ4n) is 1.71. The maximum Gasteiger partial charge on any atom is 0.333 e. The predicted octanol–water partition coefficient (Wildman–Crippen LogP) is 1.43. The van der Waals surface area contributed by atoms with Crippen LogP contribution >= 0.6 is 0 Å². The lowest BCUT2D eigenvalue weighted by Crippen LogP contribution is -2.26. The third-order valence-corrected chi connectivity index (χ3v) is 2.55. The number of rotatable bonds is 3. The van der Waals surface area contributed by atoms with E-state index in [1.54, 1.807) is 12.2 Å². The lowest BCUT2D eigenvalue weighted by molar-refractivity contribution is -0.136. The molecule has 1 aliphatic carbocycles. The molecular weight excluding hydrogens is 180 g/mol. The van der Waals surface area contributed by atoms with Crippen molar-refractivity contribution in [2.45, 2.75) is 25.4 Å². The zero-order valence-corrected chi connectivity index (χ0v) is 8.40. The molecule has 0 aromatic carbocycles. The van der Waals surface area contributed by atoms with Crippen LogP contribution in [0.25, 0.3) is 0 Å². The van der Waals surface area contributed by atoms with Crippen molar-refractivity contribution in [2.24, 2.45) is 5.92 Å². The molecule has 0 fully saturated rings. The molecule has 0 aromatic heterocycles. The molecule has 0 amide bonds. The Balaban J connectivity index is 2.65. The summed E-state index contributed by atoms with van der Waals surface area (Å²) in [6.07, 6.45) is 5.02. The van der Waals surface area contributed by atoms with Gasteiger partial charge in [0.25, 0.3) is 0 Å². The maximum atomic E-state index is 11.2. The van der Waals surface area contributed by atoms with E-state index < -0.39 is 0 Å². The number of hydrogen-bond donors (Lipinski definition) is 1. The van der Waals surface area contributed by atoms with Crippen LogP contribution in [0.1, 0.15) is 19.3 Å². The normalized spacial score (nSPS) is 26.6. The number of aliphatic hydroxyl groups excluding tert-OH is 1. The van der Waals surface area contributed by atoms with Crippen LogP contribution in [0.15, 0.2) is 24.3 Å². The summed E-state index contributed by atoms with van der Waals surface area (Å²) < 4.78 is 4.64. The summed E-state index contributed by atoms with van der Waals surface area (Å²) in [7, 11) is 1.37. The summed E-state index contributed by atoms with van der Waals surface area (Å²) in [4.78, 5) is 11.2. The fourth-order valence-corrected chi connectivity index (χ4v) is 1.71. The number of ether oxygens (including phenoxy) is 1. The maximum absolute atomic E-state index is 11.2. The molecule has 0 unspecified atom stereocenters. The summed E-state index contributed by atoms with van der Waals surface area (Å²) in [6, 6.07) is 0. The minimum Gasteiger partial charge on any atom is -0.466 e. The molecule has 1 aliphatic rings. The highest BCUT2D eigenvalue weighted by molar-refractivity contribution is 5.88. The molecule has 0 saturated carbocycles. The summed E-state index contributed by atoms with van der Waals surface area (Å²) in [6.45, 7) is 3.63. The molecule has 0 radical (unpaired) electrons. The second-order valence-electron chi connectivity index (χ2n) is 3.51. The van der Waals surface area contributed by atoms with Crippen molar-refractivity contribution in [3.63, 3.8) is 0 Å². The number of methoxy groups -OCH3 is 1. The number of hydrogen-bond acceptors (Lipinski definition) is 3. The lowest BCUT2D eigenvalue weighted by atomic mass is 9.84. The van der Waals surface area contributed by atoms with Gasteiger partial charge in [0.15, 0.2) is 0 Å². The van der Waals surface area contributed by atoms with Crippen molar-refractivity contribution in [1.29, 1.82) is 0 Å². The molecule has 3 heteroatoms. The van der Waals surface area contributed by atoms with Crippen LogP contribution in [0.3, 0.4) is 0 Å². The highest BCUT2D eigenvalue weighted by Gasteiger charge is 2.26. The third kappa shape index (κ3) is 2.45. The second-order valence-corrected chi connectivity index (χ2v) is 3.51. The lowest BCUT2D eigenvalue weighted by Gasteiger charge is -2.25. The molecule has 1 N–H and O–H groups in total. The third-order valence-electron chi connectivity index (χ3n) is 2.55. The Labute approximate surface area is 84.1 Å². The van der Waals surface area contributed by atoms with Crippen molar-refractivity contribution in [2.75, 3.05) is 7.11 Å². The Morgan fingerprint density at radius 3 is 3.14 bits per heavy atom. The molecule has 0 saturated heterocycles. The van der Waals surface area contributed by atoms with E-state index in [0.29, 0.717) is 18.4 Å². The SMILES string of the molecule is C=CC[C@H]1CC(C(=O)OC)=CC[C@H]1O. The zero-order valence-electron chi connectivity index (χ0n) is 8.40. The van der Waals surface area contributed by atoms with Crippen molar-refractivity contribution in [3.05, 3.63) is 24.3 Å². The van der Waals surface area contributed by atoms with Crippen LogP contribution < -0.4 is 0 Å². The smallest absolute Gasteiger partial charge is 0.333 e. The highest BCUT2D eigenvalue weighted by Crippen LogP contribution is 2.27. The van der Waals surface area contributed by atoms with Crippen LogP contribution in [-0.4, -0.2) is 24.3 Å². The van der Waals surface area contributed by atoms with Crippen molar-refractivity contribution in [3.8, 4) is 0 Å². The Morgan fingerprint density at radius 2 is 2.57 bits per heavy atom. The van der Waals surface area contributed by atoms with Crippen LogP contribution in [0, 0.1) is 5.92 Å². The molecule has 3 nitrogen and oxygen atoms in total. The van der Waals surface area contributed by atoms with E-state index in [1.807, 2.05) is 0 Å². The first-order chi connectivity index (χ1) is 6.69. The first-order valence-electron chi connectivity index (χ1n) is 4.75. The molecule has 0 aromatic rings. The van der Waals surface area contributed by atoms with E-state index in [1.165, 1.54) is 7.11 Å². The first-order valence-corrected chi connectivity index (χ1v) is 4.75. The first kappa shape index (κ1) is 11.0. The quantitative estimate of drug-likeness (QED) is 0.548. The topological polar surface area (TPSA) is 46.5 Å². The van der Waals surface area contributed by atoms with Crippen LogP contribution in [0.2, 0.25) is 0 Å². The fraction of sp³-hybridized carbons (Fsp3) is 0.545. The predicted molar refractivity (Wildman–Crippen MR) is 53.6 cm³/mol. The van der Waals surface area contributed by atoms with E-state index in [4.69, 9.17) is 0 Å². The van der Waals surface area contributed by atoms with Crippen molar-refractivity contribution < 1.29 is 14.6 Å². The van der Waals surface area contributed by atoms with Crippen molar-refractivity contribution >= 4 is 5.97 Å². The number of allylic oxidation sites excluding steroid dienone is 1. The number of carbonyl (C=O) groups is 1. The minimum atomic E-state index is -0.360.